The van der Waals surface area contributed by atoms with Gasteiger partial charge in [-0.25, -0.2) is 19.6 Å². The van der Waals surface area contributed by atoms with Crippen molar-refractivity contribution in [1.82, 2.24) is 29.5 Å². The third-order valence-corrected chi connectivity index (χ3v) is 5.12. The number of carbonyl (C=O) groups excluding carboxylic acids is 1. The molecule has 1 aromatic carbocycles. The van der Waals surface area contributed by atoms with E-state index in [-0.39, 0.29) is 11.7 Å². The van der Waals surface area contributed by atoms with Crippen LogP contribution in [0.5, 0.6) is 0 Å². The van der Waals surface area contributed by atoms with Crippen molar-refractivity contribution in [1.29, 1.82) is 0 Å². The first-order valence-corrected chi connectivity index (χ1v) is 9.73. The lowest BCUT2D eigenvalue weighted by Gasteiger charge is -2.34. The maximum absolute atomic E-state index is 12.5. The smallest absolute Gasteiger partial charge is 0.356 e. The molecule has 0 aliphatic carbocycles. The zero-order chi connectivity index (χ0) is 21.1. The standard InChI is InChI=1S/C20H19ClN6O3/c21-17-8-14(7-15(9-17)16-10-22-13-23-11-16)12-25-3-5-26(6-4-25)20(30)27-2-1-18(24-27)19(28)29/h1-2,7-11,13H,3-6,12H2,(H,28,29). The van der Waals surface area contributed by atoms with E-state index in [1.807, 2.05) is 12.1 Å². The van der Waals surface area contributed by atoms with Crippen molar-refractivity contribution in [3.63, 3.8) is 0 Å². The summed E-state index contributed by atoms with van der Waals surface area (Å²) in [4.78, 5) is 35.5. The molecule has 30 heavy (non-hydrogen) atoms. The quantitative estimate of drug-likeness (QED) is 0.683. The van der Waals surface area contributed by atoms with Crippen LogP contribution >= 0.6 is 11.6 Å². The minimum absolute atomic E-state index is 0.150. The Kier molecular flexibility index (Phi) is 5.73. The van der Waals surface area contributed by atoms with E-state index >= 15 is 0 Å². The first-order chi connectivity index (χ1) is 14.5. The zero-order valence-corrected chi connectivity index (χ0v) is 16.7. The molecular weight excluding hydrogens is 408 g/mol. The van der Waals surface area contributed by atoms with Crippen LogP contribution in [-0.4, -0.2) is 72.8 Å². The number of hydrogen-bond donors (Lipinski definition) is 1. The van der Waals surface area contributed by atoms with E-state index < -0.39 is 5.97 Å². The monoisotopic (exact) mass is 426 g/mol. The summed E-state index contributed by atoms with van der Waals surface area (Å²) in [7, 11) is 0. The first-order valence-electron chi connectivity index (χ1n) is 9.35. The van der Waals surface area contributed by atoms with E-state index in [1.54, 1.807) is 17.3 Å². The van der Waals surface area contributed by atoms with Gasteiger partial charge in [0, 0.05) is 61.9 Å². The molecule has 0 bridgehead atoms. The molecular formula is C20H19ClN6O3. The molecule has 1 N–H and O–H groups in total. The largest absolute Gasteiger partial charge is 0.476 e. The number of rotatable bonds is 4. The van der Waals surface area contributed by atoms with Gasteiger partial charge in [-0.05, 0) is 35.4 Å². The molecule has 9 nitrogen and oxygen atoms in total. The Labute approximate surface area is 177 Å². The number of halogens is 1. The topological polar surface area (TPSA) is 104 Å². The van der Waals surface area contributed by atoms with E-state index in [0.29, 0.717) is 37.7 Å². The van der Waals surface area contributed by atoms with E-state index in [1.165, 1.54) is 18.6 Å². The molecule has 3 aromatic rings. The van der Waals surface area contributed by atoms with Gasteiger partial charge >= 0.3 is 12.0 Å². The third-order valence-electron chi connectivity index (χ3n) is 4.90. The SMILES string of the molecule is O=C(O)c1ccn(C(=O)N2CCN(Cc3cc(Cl)cc(-c4cncnc4)c3)CC2)n1. The van der Waals surface area contributed by atoms with Gasteiger partial charge in [0.1, 0.15) is 6.33 Å². The van der Waals surface area contributed by atoms with E-state index in [9.17, 15) is 9.59 Å². The number of hydrogen-bond acceptors (Lipinski definition) is 6. The van der Waals surface area contributed by atoms with Crippen LogP contribution in [0.15, 0.2) is 49.2 Å². The molecule has 1 saturated heterocycles. The number of carbonyl (C=O) groups is 2. The van der Waals surface area contributed by atoms with Gasteiger partial charge in [-0.3, -0.25) is 4.90 Å². The van der Waals surface area contributed by atoms with Crippen LogP contribution in [-0.2, 0) is 6.54 Å². The molecule has 154 valence electrons. The van der Waals surface area contributed by atoms with Crippen LogP contribution in [0.25, 0.3) is 11.1 Å². The third kappa shape index (κ3) is 4.47. The molecule has 0 saturated carbocycles. The number of carboxylic acid groups (broad SMARTS) is 1. The van der Waals surface area contributed by atoms with Gasteiger partial charge in [0.05, 0.1) is 0 Å². The number of benzene rings is 1. The number of piperazine rings is 1. The van der Waals surface area contributed by atoms with Crippen molar-refractivity contribution in [2.45, 2.75) is 6.54 Å². The zero-order valence-electron chi connectivity index (χ0n) is 16.0. The van der Waals surface area contributed by atoms with Gasteiger partial charge < -0.3 is 10.0 Å². The highest BCUT2D eigenvalue weighted by molar-refractivity contribution is 6.31. The Bertz CT molecular complexity index is 1060. The second-order valence-corrected chi connectivity index (χ2v) is 7.41. The summed E-state index contributed by atoms with van der Waals surface area (Å²) in [5.74, 6) is -1.16. The van der Waals surface area contributed by atoms with Crippen LogP contribution in [0.3, 0.4) is 0 Å². The lowest BCUT2D eigenvalue weighted by atomic mass is 10.1. The Morgan fingerprint density at radius 1 is 1.03 bits per heavy atom. The molecule has 1 amide bonds. The normalized spacial score (nSPS) is 14.6. The highest BCUT2D eigenvalue weighted by atomic mass is 35.5. The summed E-state index contributed by atoms with van der Waals surface area (Å²) in [5, 5.41) is 13.4. The van der Waals surface area contributed by atoms with Crippen molar-refractivity contribution in [2.75, 3.05) is 26.2 Å². The van der Waals surface area contributed by atoms with Gasteiger partial charge in [0.25, 0.3) is 0 Å². The summed E-state index contributed by atoms with van der Waals surface area (Å²) in [5.41, 5.74) is 2.78. The summed E-state index contributed by atoms with van der Waals surface area (Å²) < 4.78 is 1.07. The van der Waals surface area contributed by atoms with Crippen molar-refractivity contribution >= 4 is 23.6 Å². The minimum Gasteiger partial charge on any atom is -0.476 e. The molecule has 1 aliphatic rings. The van der Waals surface area contributed by atoms with E-state index in [0.717, 1.165) is 21.4 Å². The molecule has 1 fully saturated rings. The van der Waals surface area contributed by atoms with Crippen molar-refractivity contribution < 1.29 is 14.7 Å². The average Bonchev–Trinajstić information content (AvgIpc) is 3.25. The second kappa shape index (κ2) is 8.60. The predicted molar refractivity (Wildman–Crippen MR) is 109 cm³/mol. The van der Waals surface area contributed by atoms with Crippen molar-refractivity contribution in [2.24, 2.45) is 0 Å². The summed E-state index contributed by atoms with van der Waals surface area (Å²) >= 11 is 6.31. The fraction of sp³-hybridized carbons (Fsp3) is 0.250. The number of aromatic nitrogens is 4. The number of amides is 1. The van der Waals surface area contributed by atoms with E-state index in [4.69, 9.17) is 16.7 Å². The van der Waals surface area contributed by atoms with Gasteiger partial charge in [-0.15, -0.1) is 0 Å². The molecule has 0 radical (unpaired) electrons. The second-order valence-electron chi connectivity index (χ2n) is 6.97. The van der Waals surface area contributed by atoms with Gasteiger partial charge in [0.2, 0.25) is 0 Å². The molecule has 0 atom stereocenters. The van der Waals surface area contributed by atoms with Gasteiger partial charge in [-0.1, -0.05) is 11.6 Å². The molecule has 10 heteroatoms. The van der Waals surface area contributed by atoms with Gasteiger partial charge in [0.15, 0.2) is 5.69 Å². The van der Waals surface area contributed by atoms with Crippen LogP contribution in [0.2, 0.25) is 5.02 Å². The Hall–Kier alpha value is -3.30. The Morgan fingerprint density at radius 3 is 2.43 bits per heavy atom. The lowest BCUT2D eigenvalue weighted by molar-refractivity contribution is 0.0689. The van der Waals surface area contributed by atoms with Crippen LogP contribution in [0, 0.1) is 0 Å². The van der Waals surface area contributed by atoms with Crippen molar-refractivity contribution in [3.05, 3.63) is 65.5 Å². The Morgan fingerprint density at radius 2 is 1.77 bits per heavy atom. The fourth-order valence-corrected chi connectivity index (χ4v) is 3.66. The van der Waals surface area contributed by atoms with Crippen LogP contribution in [0.1, 0.15) is 16.1 Å². The summed E-state index contributed by atoms with van der Waals surface area (Å²) in [6, 6.07) is 6.88. The summed E-state index contributed by atoms with van der Waals surface area (Å²) in [6.45, 7) is 3.14. The molecule has 2 aromatic heterocycles. The lowest BCUT2D eigenvalue weighted by Crippen LogP contribution is -2.49. The Balaban J connectivity index is 1.38. The van der Waals surface area contributed by atoms with Crippen LogP contribution in [0.4, 0.5) is 4.79 Å². The summed E-state index contributed by atoms with van der Waals surface area (Å²) in [6.07, 6.45) is 6.36. The number of aromatic carboxylic acids is 1. The minimum atomic E-state index is -1.16. The molecule has 3 heterocycles. The van der Waals surface area contributed by atoms with Crippen LogP contribution < -0.4 is 0 Å². The molecule has 0 spiro atoms. The first kappa shape index (κ1) is 20.0. The average molecular weight is 427 g/mol. The number of nitrogens with zero attached hydrogens (tertiary/aromatic N) is 6. The highest BCUT2D eigenvalue weighted by Crippen LogP contribution is 2.25. The van der Waals surface area contributed by atoms with Crippen molar-refractivity contribution in [3.8, 4) is 11.1 Å². The molecule has 1 aliphatic heterocycles. The molecule has 4 rings (SSSR count). The fourth-order valence-electron chi connectivity index (χ4n) is 3.40. The van der Waals surface area contributed by atoms with E-state index in [2.05, 4.69) is 26.0 Å². The molecule has 0 unspecified atom stereocenters. The van der Waals surface area contributed by atoms with Gasteiger partial charge in [-0.2, -0.15) is 9.78 Å². The maximum Gasteiger partial charge on any atom is 0.356 e. The predicted octanol–water partition coefficient (Wildman–Crippen LogP) is 2.48. The number of carboxylic acids is 1. The maximum atomic E-state index is 12.5. The highest BCUT2D eigenvalue weighted by Gasteiger charge is 2.23.